The van der Waals surface area contributed by atoms with Crippen LogP contribution in [0.5, 0.6) is 0 Å². The molecular formula is C16H29Cl2N5O3S. The van der Waals surface area contributed by atoms with Gasteiger partial charge < -0.3 is 20.1 Å². The van der Waals surface area contributed by atoms with E-state index >= 15 is 0 Å². The normalized spacial score (nSPS) is 18.0. The van der Waals surface area contributed by atoms with Crippen molar-refractivity contribution in [1.82, 2.24) is 24.8 Å². The summed E-state index contributed by atoms with van der Waals surface area (Å²) in [7, 11) is -3.58. The second-order valence-electron chi connectivity index (χ2n) is 6.59. The van der Waals surface area contributed by atoms with E-state index in [-0.39, 0.29) is 35.6 Å². The highest BCUT2D eigenvalue weighted by atomic mass is 35.5. The third-order valence-electron chi connectivity index (χ3n) is 4.74. The van der Waals surface area contributed by atoms with Gasteiger partial charge in [-0.3, -0.25) is 4.79 Å². The molecule has 2 aliphatic rings. The summed E-state index contributed by atoms with van der Waals surface area (Å²) in [5.41, 5.74) is 0.336. The third-order valence-corrected chi connectivity index (χ3v) is 6.18. The van der Waals surface area contributed by atoms with Gasteiger partial charge in [-0.05, 0) is 31.9 Å². The van der Waals surface area contributed by atoms with E-state index in [0.717, 1.165) is 65.1 Å². The van der Waals surface area contributed by atoms with Crippen LogP contribution in [0.1, 0.15) is 29.8 Å². The van der Waals surface area contributed by atoms with Crippen LogP contribution in [0.15, 0.2) is 17.2 Å². The number of halogens is 2. The van der Waals surface area contributed by atoms with Gasteiger partial charge in [-0.25, -0.2) is 13.1 Å². The lowest BCUT2D eigenvalue weighted by Crippen LogP contribution is -2.44. The summed E-state index contributed by atoms with van der Waals surface area (Å²) < 4.78 is 27.3. The molecule has 1 amide bonds. The van der Waals surface area contributed by atoms with Crippen LogP contribution in [0, 0.1) is 0 Å². The first-order valence-corrected chi connectivity index (χ1v) is 10.4. The Bertz CT molecular complexity index is 686. The van der Waals surface area contributed by atoms with E-state index < -0.39 is 10.0 Å². The van der Waals surface area contributed by atoms with Gasteiger partial charge in [-0.1, -0.05) is 0 Å². The van der Waals surface area contributed by atoms with Gasteiger partial charge in [0, 0.05) is 52.0 Å². The van der Waals surface area contributed by atoms with Crippen molar-refractivity contribution in [2.24, 2.45) is 0 Å². The molecule has 3 N–H and O–H groups in total. The van der Waals surface area contributed by atoms with Gasteiger partial charge >= 0.3 is 0 Å². The van der Waals surface area contributed by atoms with E-state index in [0.29, 0.717) is 12.2 Å². The lowest BCUT2D eigenvalue weighted by molar-refractivity contribution is 0.0787. The fourth-order valence-electron chi connectivity index (χ4n) is 3.27. The Morgan fingerprint density at radius 3 is 2.44 bits per heavy atom. The summed E-state index contributed by atoms with van der Waals surface area (Å²) in [6.07, 6.45) is 4.17. The summed E-state index contributed by atoms with van der Waals surface area (Å²) in [5.74, 6) is -0.127. The van der Waals surface area contributed by atoms with Crippen LogP contribution >= 0.6 is 24.8 Å². The zero-order chi connectivity index (χ0) is 17.7. The molecule has 0 aliphatic carbocycles. The Morgan fingerprint density at radius 2 is 1.78 bits per heavy atom. The Morgan fingerprint density at radius 1 is 1.11 bits per heavy atom. The molecule has 0 radical (unpaired) electrons. The van der Waals surface area contributed by atoms with E-state index in [1.165, 1.54) is 12.3 Å². The number of sulfonamides is 1. The molecule has 2 fully saturated rings. The highest BCUT2D eigenvalue weighted by Crippen LogP contribution is 2.15. The molecule has 0 aromatic carbocycles. The van der Waals surface area contributed by atoms with Gasteiger partial charge in [0.05, 0.1) is 0 Å². The summed E-state index contributed by atoms with van der Waals surface area (Å²) in [6, 6.07) is 1.43. The summed E-state index contributed by atoms with van der Waals surface area (Å²) in [6.45, 7) is 6.75. The van der Waals surface area contributed by atoms with Crippen molar-refractivity contribution in [2.45, 2.75) is 24.2 Å². The summed E-state index contributed by atoms with van der Waals surface area (Å²) >= 11 is 0. The molecule has 1 aromatic rings. The van der Waals surface area contributed by atoms with Crippen LogP contribution in [-0.2, 0) is 10.0 Å². The van der Waals surface area contributed by atoms with E-state index in [9.17, 15) is 13.2 Å². The second kappa shape index (κ2) is 11.2. The quantitative estimate of drug-likeness (QED) is 0.540. The first-order valence-electron chi connectivity index (χ1n) is 8.97. The van der Waals surface area contributed by atoms with Gasteiger partial charge in [0.25, 0.3) is 5.91 Å². The predicted molar refractivity (Wildman–Crippen MR) is 110 cm³/mol. The maximum absolute atomic E-state index is 12.4. The van der Waals surface area contributed by atoms with Crippen molar-refractivity contribution in [3.05, 3.63) is 18.0 Å². The van der Waals surface area contributed by atoms with Gasteiger partial charge in [0.2, 0.25) is 10.0 Å². The van der Waals surface area contributed by atoms with Crippen molar-refractivity contribution in [1.29, 1.82) is 0 Å². The van der Waals surface area contributed by atoms with Crippen LogP contribution in [0.3, 0.4) is 0 Å². The maximum Gasteiger partial charge on any atom is 0.270 e. The average Bonchev–Trinajstić information content (AvgIpc) is 3.31. The minimum Gasteiger partial charge on any atom is -0.356 e. The Balaban J connectivity index is 0.00000182. The molecule has 3 rings (SSSR count). The minimum absolute atomic E-state index is 0. The van der Waals surface area contributed by atoms with Crippen molar-refractivity contribution in [3.8, 4) is 0 Å². The minimum atomic E-state index is -3.58. The van der Waals surface area contributed by atoms with Gasteiger partial charge in [-0.15, -0.1) is 24.8 Å². The molecule has 27 heavy (non-hydrogen) atoms. The number of hydrogen-bond acceptors (Lipinski definition) is 5. The Hall–Kier alpha value is -0.840. The fourth-order valence-corrected chi connectivity index (χ4v) is 4.34. The SMILES string of the molecule is Cl.Cl.O=C(c1cc(S(=O)(=O)NCCCN2CCNCC2)c[nH]1)N1CCCC1. The van der Waals surface area contributed by atoms with E-state index in [4.69, 9.17) is 0 Å². The van der Waals surface area contributed by atoms with E-state index in [1.807, 2.05) is 0 Å². The lowest BCUT2D eigenvalue weighted by Gasteiger charge is -2.26. The van der Waals surface area contributed by atoms with E-state index in [1.54, 1.807) is 4.90 Å². The molecular weight excluding hydrogens is 413 g/mol. The molecule has 3 heterocycles. The number of hydrogen-bond donors (Lipinski definition) is 3. The number of piperazine rings is 1. The standard InChI is InChI=1S/C16H27N5O3S.2ClH/c22-16(21-8-1-2-9-21)15-12-14(13-18-15)25(23,24)19-4-3-7-20-10-5-17-6-11-20;;/h12-13,17-19H,1-11H2;2*1H. The molecule has 0 unspecified atom stereocenters. The van der Waals surface area contributed by atoms with Crippen LogP contribution < -0.4 is 10.0 Å². The second-order valence-corrected chi connectivity index (χ2v) is 8.36. The molecule has 0 saturated carbocycles. The van der Waals surface area contributed by atoms with Crippen LogP contribution in [0.25, 0.3) is 0 Å². The maximum atomic E-state index is 12.4. The van der Waals surface area contributed by atoms with Crippen molar-refractivity contribution < 1.29 is 13.2 Å². The summed E-state index contributed by atoms with van der Waals surface area (Å²) in [4.78, 5) is 19.3. The lowest BCUT2D eigenvalue weighted by atomic mass is 10.3. The average molecular weight is 442 g/mol. The molecule has 1 aromatic heterocycles. The number of likely N-dealkylation sites (tertiary alicyclic amines) is 1. The first-order chi connectivity index (χ1) is 12.1. The Kier molecular flexibility index (Phi) is 10.1. The molecule has 11 heteroatoms. The predicted octanol–water partition coefficient (Wildman–Crippen LogP) is 0.668. The Labute approximate surface area is 173 Å². The first kappa shape index (κ1) is 24.2. The van der Waals surface area contributed by atoms with Gasteiger partial charge in [-0.2, -0.15) is 0 Å². The molecule has 156 valence electrons. The monoisotopic (exact) mass is 441 g/mol. The van der Waals surface area contributed by atoms with Crippen LogP contribution in [0.4, 0.5) is 0 Å². The molecule has 0 spiro atoms. The zero-order valence-corrected chi connectivity index (χ0v) is 17.7. The molecule has 2 saturated heterocycles. The van der Waals surface area contributed by atoms with Crippen LogP contribution in [-0.4, -0.2) is 81.5 Å². The number of nitrogens with zero attached hydrogens (tertiary/aromatic N) is 2. The van der Waals surface area contributed by atoms with E-state index in [2.05, 4.69) is 19.9 Å². The fraction of sp³-hybridized carbons (Fsp3) is 0.688. The molecule has 8 nitrogen and oxygen atoms in total. The number of carbonyl (C=O) groups is 1. The smallest absolute Gasteiger partial charge is 0.270 e. The third kappa shape index (κ3) is 6.62. The number of aromatic amines is 1. The highest BCUT2D eigenvalue weighted by Gasteiger charge is 2.23. The molecule has 0 bridgehead atoms. The summed E-state index contributed by atoms with van der Waals surface area (Å²) in [5, 5.41) is 3.29. The zero-order valence-electron chi connectivity index (χ0n) is 15.3. The van der Waals surface area contributed by atoms with Gasteiger partial charge in [0.15, 0.2) is 0 Å². The highest BCUT2D eigenvalue weighted by molar-refractivity contribution is 7.89. The topological polar surface area (TPSA) is 97.5 Å². The van der Waals surface area contributed by atoms with Crippen molar-refractivity contribution >= 4 is 40.7 Å². The number of nitrogens with one attached hydrogen (secondary N) is 3. The van der Waals surface area contributed by atoms with Crippen LogP contribution in [0.2, 0.25) is 0 Å². The number of H-pyrrole nitrogens is 1. The largest absolute Gasteiger partial charge is 0.356 e. The van der Waals surface area contributed by atoms with Crippen molar-refractivity contribution in [2.75, 3.05) is 52.4 Å². The van der Waals surface area contributed by atoms with Gasteiger partial charge in [0.1, 0.15) is 10.6 Å². The van der Waals surface area contributed by atoms with Crippen molar-refractivity contribution in [3.63, 3.8) is 0 Å². The number of rotatable bonds is 7. The molecule has 0 atom stereocenters. The number of carbonyl (C=O) groups excluding carboxylic acids is 1. The number of amides is 1. The number of aromatic nitrogens is 1. The molecule has 2 aliphatic heterocycles.